The van der Waals surface area contributed by atoms with Gasteiger partial charge in [0, 0.05) is 12.5 Å². The monoisotopic (exact) mass is 290 g/mol. The normalized spacial score (nSPS) is 16.9. The molecule has 0 saturated heterocycles. The summed E-state index contributed by atoms with van der Waals surface area (Å²) in [6, 6.07) is 8.95. The fourth-order valence-electron chi connectivity index (χ4n) is 2.11. The van der Waals surface area contributed by atoms with Gasteiger partial charge in [0.1, 0.15) is 6.04 Å². The Morgan fingerprint density at radius 3 is 2.52 bits per heavy atom. The summed E-state index contributed by atoms with van der Waals surface area (Å²) >= 11 is 0. The Balaban J connectivity index is 1.79. The van der Waals surface area contributed by atoms with Crippen LogP contribution in [0, 0.1) is 5.92 Å². The topological polar surface area (TPSA) is 78.4 Å². The number of amides is 2. The van der Waals surface area contributed by atoms with E-state index in [1.54, 1.807) is 0 Å². The van der Waals surface area contributed by atoms with E-state index in [4.69, 9.17) is 0 Å². The molecule has 2 rings (SSSR count). The molecule has 114 valence electrons. The minimum Gasteiger partial charge on any atom is -0.391 e. The van der Waals surface area contributed by atoms with Gasteiger partial charge in [0.2, 0.25) is 11.8 Å². The molecule has 3 N–H and O–H groups in total. The summed E-state index contributed by atoms with van der Waals surface area (Å²) in [7, 11) is 0. The van der Waals surface area contributed by atoms with Crippen LogP contribution in [0.3, 0.4) is 0 Å². The minimum atomic E-state index is -0.913. The lowest BCUT2D eigenvalue weighted by molar-refractivity contribution is -0.132. The molecule has 2 atom stereocenters. The SMILES string of the molecule is CC(O)C(NC(=O)C1CC1)C(=O)NCCc1ccccc1. The Kier molecular flexibility index (Phi) is 5.33. The van der Waals surface area contributed by atoms with Crippen molar-refractivity contribution in [2.45, 2.75) is 38.3 Å². The quantitative estimate of drug-likeness (QED) is 0.689. The Morgan fingerprint density at radius 2 is 1.95 bits per heavy atom. The lowest BCUT2D eigenvalue weighted by Crippen LogP contribution is -2.53. The van der Waals surface area contributed by atoms with E-state index in [1.165, 1.54) is 6.92 Å². The van der Waals surface area contributed by atoms with E-state index in [0.29, 0.717) is 6.54 Å². The molecule has 1 aromatic carbocycles. The van der Waals surface area contributed by atoms with Gasteiger partial charge in [0.15, 0.2) is 0 Å². The van der Waals surface area contributed by atoms with Gasteiger partial charge in [0.25, 0.3) is 0 Å². The van der Waals surface area contributed by atoms with Crippen molar-refractivity contribution in [1.82, 2.24) is 10.6 Å². The maximum Gasteiger partial charge on any atom is 0.245 e. The Labute approximate surface area is 124 Å². The number of nitrogens with one attached hydrogen (secondary N) is 2. The van der Waals surface area contributed by atoms with Crippen molar-refractivity contribution in [1.29, 1.82) is 0 Å². The maximum atomic E-state index is 12.1. The van der Waals surface area contributed by atoms with Crippen LogP contribution in [0.1, 0.15) is 25.3 Å². The molecule has 0 radical (unpaired) electrons. The summed E-state index contributed by atoms with van der Waals surface area (Å²) < 4.78 is 0. The second-order valence-electron chi connectivity index (χ2n) is 5.53. The number of hydrogen-bond donors (Lipinski definition) is 3. The van der Waals surface area contributed by atoms with Crippen LogP contribution in [0.4, 0.5) is 0 Å². The molecule has 21 heavy (non-hydrogen) atoms. The van der Waals surface area contributed by atoms with Gasteiger partial charge < -0.3 is 15.7 Å². The van der Waals surface area contributed by atoms with E-state index < -0.39 is 12.1 Å². The average molecular weight is 290 g/mol. The lowest BCUT2D eigenvalue weighted by atomic mass is 10.1. The molecule has 1 fully saturated rings. The fourth-order valence-corrected chi connectivity index (χ4v) is 2.11. The van der Waals surface area contributed by atoms with Crippen molar-refractivity contribution >= 4 is 11.8 Å². The summed E-state index contributed by atoms with van der Waals surface area (Å²) in [6.07, 6.45) is 1.54. The van der Waals surface area contributed by atoms with Crippen LogP contribution in [0.5, 0.6) is 0 Å². The van der Waals surface area contributed by atoms with E-state index in [2.05, 4.69) is 10.6 Å². The van der Waals surface area contributed by atoms with Crippen LogP contribution in [0.25, 0.3) is 0 Å². The molecule has 1 aliphatic carbocycles. The Morgan fingerprint density at radius 1 is 1.29 bits per heavy atom. The second-order valence-corrected chi connectivity index (χ2v) is 5.53. The van der Waals surface area contributed by atoms with Gasteiger partial charge in [0.05, 0.1) is 6.10 Å². The van der Waals surface area contributed by atoms with E-state index >= 15 is 0 Å². The molecule has 0 heterocycles. The van der Waals surface area contributed by atoms with Crippen molar-refractivity contribution in [2.75, 3.05) is 6.54 Å². The predicted octanol–water partition coefficient (Wildman–Crippen LogP) is 0.621. The average Bonchev–Trinajstić information content (AvgIpc) is 3.29. The Hall–Kier alpha value is -1.88. The first-order chi connectivity index (χ1) is 10.1. The number of hydrogen-bond acceptors (Lipinski definition) is 3. The van der Waals surface area contributed by atoms with Crippen LogP contribution < -0.4 is 10.6 Å². The van der Waals surface area contributed by atoms with Gasteiger partial charge in [-0.05, 0) is 31.7 Å². The van der Waals surface area contributed by atoms with Gasteiger partial charge in [-0.1, -0.05) is 30.3 Å². The van der Waals surface area contributed by atoms with Crippen LogP contribution in [-0.2, 0) is 16.0 Å². The van der Waals surface area contributed by atoms with Crippen molar-refractivity contribution in [2.24, 2.45) is 5.92 Å². The highest BCUT2D eigenvalue weighted by molar-refractivity contribution is 5.89. The first-order valence-corrected chi connectivity index (χ1v) is 7.38. The molecular weight excluding hydrogens is 268 g/mol. The van der Waals surface area contributed by atoms with Crippen LogP contribution >= 0.6 is 0 Å². The zero-order valence-electron chi connectivity index (χ0n) is 12.2. The molecule has 0 aliphatic heterocycles. The molecule has 5 heteroatoms. The van der Waals surface area contributed by atoms with Gasteiger partial charge in [-0.2, -0.15) is 0 Å². The molecule has 1 aliphatic rings. The van der Waals surface area contributed by atoms with E-state index in [9.17, 15) is 14.7 Å². The van der Waals surface area contributed by atoms with Gasteiger partial charge in [-0.3, -0.25) is 9.59 Å². The highest BCUT2D eigenvalue weighted by Gasteiger charge is 2.34. The summed E-state index contributed by atoms with van der Waals surface area (Å²) in [6.45, 7) is 1.99. The molecule has 1 saturated carbocycles. The van der Waals surface area contributed by atoms with E-state index in [-0.39, 0.29) is 17.7 Å². The number of benzene rings is 1. The van der Waals surface area contributed by atoms with Crippen molar-refractivity contribution in [3.63, 3.8) is 0 Å². The molecule has 1 aromatic rings. The Bertz CT molecular complexity index is 484. The first-order valence-electron chi connectivity index (χ1n) is 7.38. The van der Waals surface area contributed by atoms with Crippen LogP contribution in [-0.4, -0.2) is 35.6 Å². The zero-order valence-corrected chi connectivity index (χ0v) is 12.2. The van der Waals surface area contributed by atoms with Crippen LogP contribution in [0.15, 0.2) is 30.3 Å². The first kappa shape index (κ1) is 15.5. The van der Waals surface area contributed by atoms with Crippen molar-refractivity contribution in [3.05, 3.63) is 35.9 Å². The summed E-state index contributed by atoms with van der Waals surface area (Å²) in [5.74, 6) is -0.461. The predicted molar refractivity (Wildman–Crippen MR) is 79.5 cm³/mol. The minimum absolute atomic E-state index is 0.0170. The lowest BCUT2D eigenvalue weighted by Gasteiger charge is -2.20. The summed E-state index contributed by atoms with van der Waals surface area (Å²) in [4.78, 5) is 23.8. The van der Waals surface area contributed by atoms with E-state index in [0.717, 1.165) is 24.8 Å². The third kappa shape index (κ3) is 4.86. The maximum absolute atomic E-state index is 12.1. The standard InChI is InChI=1S/C16H22N2O3/c1-11(19)14(18-15(20)13-7-8-13)16(21)17-10-9-12-5-3-2-4-6-12/h2-6,11,13-14,19H,7-10H2,1H3,(H,17,21)(H,18,20). The van der Waals surface area contributed by atoms with Gasteiger partial charge in [-0.25, -0.2) is 0 Å². The smallest absolute Gasteiger partial charge is 0.245 e. The number of aliphatic hydroxyl groups is 1. The molecule has 0 aromatic heterocycles. The third-order valence-electron chi connectivity index (χ3n) is 3.57. The van der Waals surface area contributed by atoms with Crippen LogP contribution in [0.2, 0.25) is 0 Å². The molecule has 2 unspecified atom stereocenters. The van der Waals surface area contributed by atoms with Gasteiger partial charge >= 0.3 is 0 Å². The molecule has 0 spiro atoms. The fraction of sp³-hybridized carbons (Fsp3) is 0.500. The number of carbonyl (C=O) groups excluding carboxylic acids is 2. The highest BCUT2D eigenvalue weighted by Crippen LogP contribution is 2.28. The number of aliphatic hydroxyl groups excluding tert-OH is 1. The summed E-state index contributed by atoms with van der Waals surface area (Å²) in [5.41, 5.74) is 1.13. The van der Waals surface area contributed by atoms with Gasteiger partial charge in [-0.15, -0.1) is 0 Å². The summed E-state index contributed by atoms with van der Waals surface area (Å²) in [5, 5.41) is 15.1. The van der Waals surface area contributed by atoms with Crippen molar-refractivity contribution in [3.8, 4) is 0 Å². The number of rotatable bonds is 7. The van der Waals surface area contributed by atoms with E-state index in [1.807, 2.05) is 30.3 Å². The third-order valence-corrected chi connectivity index (χ3v) is 3.57. The molecule has 5 nitrogen and oxygen atoms in total. The number of carbonyl (C=O) groups is 2. The molecule has 0 bridgehead atoms. The van der Waals surface area contributed by atoms with Crippen molar-refractivity contribution < 1.29 is 14.7 Å². The highest BCUT2D eigenvalue weighted by atomic mass is 16.3. The second kappa shape index (κ2) is 7.22. The molecular formula is C16H22N2O3. The largest absolute Gasteiger partial charge is 0.391 e. The molecule has 2 amide bonds. The zero-order chi connectivity index (χ0) is 15.2.